The largest absolute Gasteiger partial charge is 0.355 e. The van der Waals surface area contributed by atoms with E-state index in [1.54, 1.807) is 6.20 Å². The third-order valence-electron chi connectivity index (χ3n) is 3.34. The molecule has 2 aromatic rings. The highest BCUT2D eigenvalue weighted by Gasteiger charge is 2.23. The second kappa shape index (κ2) is 7.02. The van der Waals surface area contributed by atoms with Crippen LogP contribution in [0.25, 0.3) is 0 Å². The number of nitrogens with zero attached hydrogens (tertiary/aromatic N) is 1. The summed E-state index contributed by atoms with van der Waals surface area (Å²) in [6.45, 7) is 6.89. The predicted molar refractivity (Wildman–Crippen MR) is 85.1 cm³/mol. The molecule has 3 nitrogen and oxygen atoms in total. The van der Waals surface area contributed by atoms with Crippen LogP contribution >= 0.6 is 0 Å². The lowest BCUT2D eigenvalue weighted by atomic mass is 9.93. The Balaban J connectivity index is 2.30. The maximum atomic E-state index is 12.6. The van der Waals surface area contributed by atoms with Gasteiger partial charge in [0, 0.05) is 12.7 Å². The van der Waals surface area contributed by atoms with Crippen LogP contribution in [0.2, 0.25) is 0 Å². The minimum absolute atomic E-state index is 0.00579. The van der Waals surface area contributed by atoms with Crippen molar-refractivity contribution in [2.75, 3.05) is 6.54 Å². The Labute approximate surface area is 126 Å². The highest BCUT2D eigenvalue weighted by atomic mass is 16.1. The van der Waals surface area contributed by atoms with Crippen molar-refractivity contribution in [3.05, 3.63) is 65.5 Å². The second-order valence-corrected chi connectivity index (χ2v) is 5.74. The van der Waals surface area contributed by atoms with Gasteiger partial charge in [0.2, 0.25) is 5.91 Å². The number of carbonyl (C=O) groups excluding carboxylic acids is 1. The van der Waals surface area contributed by atoms with E-state index < -0.39 is 0 Å². The molecule has 1 aromatic heterocycles. The number of hydrogen-bond donors (Lipinski definition) is 1. The molecule has 1 aromatic carbocycles. The van der Waals surface area contributed by atoms with Crippen LogP contribution in [0.1, 0.15) is 36.6 Å². The molecule has 0 bridgehead atoms. The molecule has 0 aliphatic heterocycles. The molecule has 3 heteroatoms. The molecule has 21 heavy (non-hydrogen) atoms. The maximum absolute atomic E-state index is 12.6. The number of carbonyl (C=O) groups is 1. The van der Waals surface area contributed by atoms with Crippen LogP contribution < -0.4 is 5.32 Å². The lowest BCUT2D eigenvalue weighted by Gasteiger charge is -2.18. The molecule has 1 heterocycles. The Morgan fingerprint density at radius 1 is 1.14 bits per heavy atom. The van der Waals surface area contributed by atoms with Gasteiger partial charge in [0.25, 0.3) is 0 Å². The zero-order chi connectivity index (χ0) is 15.2. The minimum Gasteiger partial charge on any atom is -0.355 e. The van der Waals surface area contributed by atoms with Crippen molar-refractivity contribution in [3.8, 4) is 0 Å². The summed E-state index contributed by atoms with van der Waals surface area (Å²) >= 11 is 0. The fraction of sp³-hybridized carbons (Fsp3) is 0.333. The quantitative estimate of drug-likeness (QED) is 0.914. The first-order chi connectivity index (χ1) is 10.1. The summed E-state index contributed by atoms with van der Waals surface area (Å²) in [5.74, 6) is 0.0770. The summed E-state index contributed by atoms with van der Waals surface area (Å²) < 4.78 is 0. The summed E-state index contributed by atoms with van der Waals surface area (Å²) in [6, 6.07) is 13.7. The summed E-state index contributed by atoms with van der Waals surface area (Å²) in [6.07, 6.45) is 1.73. The van der Waals surface area contributed by atoms with Crippen LogP contribution in [-0.4, -0.2) is 17.4 Å². The summed E-state index contributed by atoms with van der Waals surface area (Å²) in [5, 5.41) is 3.01. The SMILES string of the molecule is Cc1ccc(C(C(=O)NCC(C)C)c2ccccn2)cc1. The van der Waals surface area contributed by atoms with Crippen LogP contribution in [0.5, 0.6) is 0 Å². The van der Waals surface area contributed by atoms with Gasteiger partial charge in [0.1, 0.15) is 5.92 Å². The molecule has 0 aliphatic carbocycles. The maximum Gasteiger partial charge on any atom is 0.233 e. The molecule has 1 unspecified atom stereocenters. The van der Waals surface area contributed by atoms with Crippen molar-refractivity contribution >= 4 is 5.91 Å². The van der Waals surface area contributed by atoms with Crippen molar-refractivity contribution in [1.82, 2.24) is 10.3 Å². The molecule has 1 N–H and O–H groups in total. The van der Waals surface area contributed by atoms with E-state index in [4.69, 9.17) is 0 Å². The lowest BCUT2D eigenvalue weighted by molar-refractivity contribution is -0.121. The Morgan fingerprint density at radius 3 is 2.43 bits per heavy atom. The van der Waals surface area contributed by atoms with Crippen LogP contribution in [0.3, 0.4) is 0 Å². The van der Waals surface area contributed by atoms with Crippen LogP contribution in [-0.2, 0) is 4.79 Å². The number of benzene rings is 1. The highest BCUT2D eigenvalue weighted by molar-refractivity contribution is 5.86. The van der Waals surface area contributed by atoms with Gasteiger partial charge in [-0.15, -0.1) is 0 Å². The minimum atomic E-state index is -0.356. The molecule has 0 aliphatic rings. The van der Waals surface area contributed by atoms with Gasteiger partial charge in [-0.05, 0) is 30.5 Å². The number of aryl methyl sites for hydroxylation is 1. The van der Waals surface area contributed by atoms with Gasteiger partial charge in [-0.3, -0.25) is 9.78 Å². The van der Waals surface area contributed by atoms with Crippen molar-refractivity contribution in [3.63, 3.8) is 0 Å². The summed E-state index contributed by atoms with van der Waals surface area (Å²) in [7, 11) is 0. The molecular weight excluding hydrogens is 260 g/mol. The second-order valence-electron chi connectivity index (χ2n) is 5.74. The number of pyridine rings is 1. The van der Waals surface area contributed by atoms with E-state index in [-0.39, 0.29) is 11.8 Å². The third-order valence-corrected chi connectivity index (χ3v) is 3.34. The summed E-state index contributed by atoms with van der Waals surface area (Å²) in [5.41, 5.74) is 2.93. The monoisotopic (exact) mass is 282 g/mol. The zero-order valence-electron chi connectivity index (χ0n) is 12.8. The molecule has 0 saturated carbocycles. The standard InChI is InChI=1S/C18H22N2O/c1-13(2)12-20-18(21)17(16-6-4-5-11-19-16)15-9-7-14(3)8-10-15/h4-11,13,17H,12H2,1-3H3,(H,20,21). The fourth-order valence-electron chi connectivity index (χ4n) is 2.17. The van der Waals surface area contributed by atoms with Crippen LogP contribution in [0.15, 0.2) is 48.7 Å². The fourth-order valence-corrected chi connectivity index (χ4v) is 2.17. The van der Waals surface area contributed by atoms with Gasteiger partial charge in [0.15, 0.2) is 0 Å². The first kappa shape index (κ1) is 15.2. The molecule has 2 rings (SSSR count). The van der Waals surface area contributed by atoms with E-state index in [2.05, 4.69) is 24.1 Å². The number of amides is 1. The van der Waals surface area contributed by atoms with Gasteiger partial charge in [-0.25, -0.2) is 0 Å². The van der Waals surface area contributed by atoms with Crippen LogP contribution in [0, 0.1) is 12.8 Å². The van der Waals surface area contributed by atoms with E-state index in [1.165, 1.54) is 5.56 Å². The predicted octanol–water partition coefficient (Wildman–Crippen LogP) is 3.29. The van der Waals surface area contributed by atoms with Crippen molar-refractivity contribution in [2.24, 2.45) is 5.92 Å². The molecule has 0 radical (unpaired) electrons. The number of hydrogen-bond acceptors (Lipinski definition) is 2. The highest BCUT2D eigenvalue weighted by Crippen LogP contribution is 2.23. The molecule has 1 atom stereocenters. The van der Waals surface area contributed by atoms with Gasteiger partial charge in [0.05, 0.1) is 5.69 Å². The van der Waals surface area contributed by atoms with E-state index in [0.29, 0.717) is 12.5 Å². The Kier molecular flexibility index (Phi) is 5.09. The van der Waals surface area contributed by atoms with Crippen molar-refractivity contribution < 1.29 is 4.79 Å². The molecular formula is C18H22N2O. The smallest absolute Gasteiger partial charge is 0.233 e. The molecule has 110 valence electrons. The first-order valence-electron chi connectivity index (χ1n) is 7.33. The van der Waals surface area contributed by atoms with Gasteiger partial charge in [-0.1, -0.05) is 49.7 Å². The van der Waals surface area contributed by atoms with Crippen molar-refractivity contribution in [1.29, 1.82) is 0 Å². The first-order valence-corrected chi connectivity index (χ1v) is 7.33. The molecule has 0 fully saturated rings. The van der Waals surface area contributed by atoms with Gasteiger partial charge in [-0.2, -0.15) is 0 Å². The van der Waals surface area contributed by atoms with Gasteiger partial charge < -0.3 is 5.32 Å². The average molecular weight is 282 g/mol. The normalized spacial score (nSPS) is 12.2. The molecule has 0 saturated heterocycles. The molecule has 1 amide bonds. The van der Waals surface area contributed by atoms with E-state index in [9.17, 15) is 4.79 Å². The number of nitrogens with one attached hydrogen (secondary N) is 1. The van der Waals surface area contributed by atoms with E-state index in [1.807, 2.05) is 49.4 Å². The molecule has 0 spiro atoms. The number of aromatic nitrogens is 1. The van der Waals surface area contributed by atoms with Crippen molar-refractivity contribution in [2.45, 2.75) is 26.7 Å². The Bertz CT molecular complexity index is 576. The summed E-state index contributed by atoms with van der Waals surface area (Å²) in [4.78, 5) is 16.9. The van der Waals surface area contributed by atoms with E-state index in [0.717, 1.165) is 11.3 Å². The number of rotatable bonds is 5. The Morgan fingerprint density at radius 2 is 1.86 bits per heavy atom. The average Bonchev–Trinajstić information content (AvgIpc) is 2.48. The Hall–Kier alpha value is -2.16. The van der Waals surface area contributed by atoms with Crippen LogP contribution in [0.4, 0.5) is 0 Å². The van der Waals surface area contributed by atoms with Gasteiger partial charge >= 0.3 is 0 Å². The van der Waals surface area contributed by atoms with E-state index >= 15 is 0 Å². The zero-order valence-corrected chi connectivity index (χ0v) is 12.8. The topological polar surface area (TPSA) is 42.0 Å². The third kappa shape index (κ3) is 4.15. The lowest BCUT2D eigenvalue weighted by Crippen LogP contribution is -2.33.